The van der Waals surface area contributed by atoms with E-state index in [1.165, 1.54) is 7.11 Å². The third-order valence-corrected chi connectivity index (χ3v) is 3.88. The van der Waals surface area contributed by atoms with Crippen LogP contribution in [0.5, 0.6) is 5.75 Å². The van der Waals surface area contributed by atoms with Gasteiger partial charge >= 0.3 is 0 Å². The molecule has 0 atom stereocenters. The van der Waals surface area contributed by atoms with Crippen LogP contribution < -0.4 is 10.1 Å². The van der Waals surface area contributed by atoms with Crippen molar-refractivity contribution in [3.63, 3.8) is 0 Å². The van der Waals surface area contributed by atoms with Gasteiger partial charge < -0.3 is 10.1 Å². The Morgan fingerprint density at radius 3 is 2.43 bits per heavy atom. The maximum atomic E-state index is 12.1. The first kappa shape index (κ1) is 16.0. The van der Waals surface area contributed by atoms with E-state index in [0.717, 1.165) is 5.69 Å². The third-order valence-electron chi connectivity index (χ3n) is 2.85. The molecule has 6 heteroatoms. The highest BCUT2D eigenvalue weighted by molar-refractivity contribution is 6.42. The van der Waals surface area contributed by atoms with Gasteiger partial charge in [0, 0.05) is 11.3 Å². The normalized spacial score (nSPS) is 10.3. The van der Waals surface area contributed by atoms with E-state index in [2.05, 4.69) is 5.32 Å². The van der Waals surface area contributed by atoms with E-state index in [1.54, 1.807) is 36.4 Å². The molecule has 0 aliphatic heterocycles. The van der Waals surface area contributed by atoms with Crippen molar-refractivity contribution in [2.75, 3.05) is 19.0 Å². The summed E-state index contributed by atoms with van der Waals surface area (Å²) in [4.78, 5) is 12.1. The molecular weight excluding hydrogens is 333 g/mol. The second kappa shape index (κ2) is 7.03. The number of carbonyl (C=O) groups excluding carboxylic acids is 1. The number of anilines is 1. The average molecular weight is 345 g/mol. The number of Topliss-reactive ketones (excluding diaryl/α,β-unsaturated/α-hetero) is 1. The largest absolute Gasteiger partial charge is 0.495 e. The molecule has 0 aliphatic rings. The first-order chi connectivity index (χ1) is 10.0. The lowest BCUT2D eigenvalue weighted by molar-refractivity contribution is 0.101. The van der Waals surface area contributed by atoms with Crippen LogP contribution in [0.25, 0.3) is 0 Å². The van der Waals surface area contributed by atoms with Gasteiger partial charge in [-0.2, -0.15) is 0 Å². The number of ether oxygens (including phenoxy) is 1. The lowest BCUT2D eigenvalue weighted by Gasteiger charge is -2.08. The molecule has 3 nitrogen and oxygen atoms in total. The Bertz CT molecular complexity index is 674. The average Bonchev–Trinajstić information content (AvgIpc) is 2.48. The fourth-order valence-corrected chi connectivity index (χ4v) is 2.29. The molecule has 0 radical (unpaired) electrons. The summed E-state index contributed by atoms with van der Waals surface area (Å²) in [5, 5.41) is 4.29. The number of ketones is 1. The van der Waals surface area contributed by atoms with Crippen LogP contribution in [0.4, 0.5) is 5.69 Å². The summed E-state index contributed by atoms with van der Waals surface area (Å²) in [6.45, 7) is 0.126. The predicted molar refractivity (Wildman–Crippen MR) is 87.3 cm³/mol. The number of benzene rings is 2. The highest BCUT2D eigenvalue weighted by Crippen LogP contribution is 2.26. The summed E-state index contributed by atoms with van der Waals surface area (Å²) < 4.78 is 5.05. The summed E-state index contributed by atoms with van der Waals surface area (Å²) in [5.74, 6) is 0.441. The van der Waals surface area contributed by atoms with Crippen molar-refractivity contribution in [2.45, 2.75) is 0 Å². The predicted octanol–water partition coefficient (Wildman–Crippen LogP) is 4.95. The molecule has 2 aromatic carbocycles. The molecule has 0 spiro atoms. The van der Waals surface area contributed by atoms with Crippen LogP contribution in [-0.2, 0) is 0 Å². The van der Waals surface area contributed by atoms with Gasteiger partial charge in [-0.3, -0.25) is 4.79 Å². The SMILES string of the molecule is COc1ccc(C(=O)CNc2ccc(Cl)c(Cl)c2)cc1Cl. The molecule has 21 heavy (non-hydrogen) atoms. The third kappa shape index (κ3) is 4.03. The summed E-state index contributed by atoms with van der Waals surface area (Å²) >= 11 is 17.7. The Kier molecular flexibility index (Phi) is 5.34. The summed E-state index contributed by atoms with van der Waals surface area (Å²) in [6, 6.07) is 10.00. The van der Waals surface area contributed by atoms with Gasteiger partial charge in [0.1, 0.15) is 5.75 Å². The minimum absolute atomic E-state index is 0.0920. The number of methoxy groups -OCH3 is 1. The summed E-state index contributed by atoms with van der Waals surface area (Å²) in [6.07, 6.45) is 0. The van der Waals surface area contributed by atoms with Gasteiger partial charge in [0.05, 0.1) is 28.7 Å². The number of carbonyl (C=O) groups is 1. The number of rotatable bonds is 5. The Morgan fingerprint density at radius 2 is 1.81 bits per heavy atom. The van der Waals surface area contributed by atoms with E-state index in [9.17, 15) is 4.79 Å². The Hall–Kier alpha value is -1.42. The molecule has 0 aliphatic carbocycles. The number of hydrogen-bond donors (Lipinski definition) is 1. The van der Waals surface area contributed by atoms with E-state index >= 15 is 0 Å². The quantitative estimate of drug-likeness (QED) is 0.780. The fraction of sp³-hybridized carbons (Fsp3) is 0.133. The summed E-state index contributed by atoms with van der Waals surface area (Å²) in [7, 11) is 1.52. The van der Waals surface area contributed by atoms with Crippen LogP contribution in [0.2, 0.25) is 15.1 Å². The zero-order chi connectivity index (χ0) is 15.4. The minimum atomic E-state index is -0.0920. The number of nitrogens with one attached hydrogen (secondary N) is 1. The Balaban J connectivity index is 2.04. The highest BCUT2D eigenvalue weighted by Gasteiger charge is 2.09. The van der Waals surface area contributed by atoms with E-state index < -0.39 is 0 Å². The second-order valence-electron chi connectivity index (χ2n) is 4.25. The lowest BCUT2D eigenvalue weighted by Crippen LogP contribution is -2.14. The van der Waals surface area contributed by atoms with Crippen molar-refractivity contribution in [3.8, 4) is 5.75 Å². The van der Waals surface area contributed by atoms with Crippen LogP contribution in [0.15, 0.2) is 36.4 Å². The van der Waals surface area contributed by atoms with Gasteiger partial charge in [-0.15, -0.1) is 0 Å². The van der Waals surface area contributed by atoms with Crippen LogP contribution in [-0.4, -0.2) is 19.4 Å². The van der Waals surface area contributed by atoms with Gasteiger partial charge in [-0.25, -0.2) is 0 Å². The first-order valence-corrected chi connectivity index (χ1v) is 7.20. The molecule has 0 heterocycles. The maximum absolute atomic E-state index is 12.1. The molecule has 0 fully saturated rings. The van der Waals surface area contributed by atoms with Crippen molar-refractivity contribution in [2.24, 2.45) is 0 Å². The van der Waals surface area contributed by atoms with Crippen molar-refractivity contribution >= 4 is 46.3 Å². The molecule has 0 amide bonds. The molecule has 2 rings (SSSR count). The van der Waals surface area contributed by atoms with Crippen molar-refractivity contribution in [1.82, 2.24) is 0 Å². The molecule has 1 N–H and O–H groups in total. The minimum Gasteiger partial charge on any atom is -0.495 e. The van der Waals surface area contributed by atoms with Crippen molar-refractivity contribution in [1.29, 1.82) is 0 Å². The fourth-order valence-electron chi connectivity index (χ4n) is 1.73. The van der Waals surface area contributed by atoms with Crippen LogP contribution >= 0.6 is 34.8 Å². The Morgan fingerprint density at radius 1 is 1.05 bits per heavy atom. The molecule has 2 aromatic rings. The lowest BCUT2D eigenvalue weighted by atomic mass is 10.1. The molecule has 0 bridgehead atoms. The topological polar surface area (TPSA) is 38.3 Å². The van der Waals surface area contributed by atoms with Crippen molar-refractivity contribution < 1.29 is 9.53 Å². The van der Waals surface area contributed by atoms with Crippen LogP contribution in [0, 0.1) is 0 Å². The van der Waals surface area contributed by atoms with Gasteiger partial charge in [-0.1, -0.05) is 34.8 Å². The smallest absolute Gasteiger partial charge is 0.181 e. The maximum Gasteiger partial charge on any atom is 0.181 e. The second-order valence-corrected chi connectivity index (χ2v) is 5.48. The molecule has 0 saturated carbocycles. The standard InChI is InChI=1S/C15H12Cl3NO2/c1-21-15-5-2-9(6-13(15)18)14(20)8-19-10-3-4-11(16)12(17)7-10/h2-7,19H,8H2,1H3. The first-order valence-electron chi connectivity index (χ1n) is 6.07. The van der Waals surface area contributed by atoms with Gasteiger partial charge in [0.2, 0.25) is 0 Å². The molecule has 0 aromatic heterocycles. The zero-order valence-corrected chi connectivity index (χ0v) is 13.4. The molecule has 0 unspecified atom stereocenters. The van der Waals surface area contributed by atoms with Gasteiger partial charge in [-0.05, 0) is 36.4 Å². The number of halogens is 3. The van der Waals surface area contributed by atoms with Crippen LogP contribution in [0.3, 0.4) is 0 Å². The monoisotopic (exact) mass is 343 g/mol. The van der Waals surface area contributed by atoms with Gasteiger partial charge in [0.25, 0.3) is 0 Å². The number of hydrogen-bond acceptors (Lipinski definition) is 3. The molecule has 110 valence electrons. The van der Waals surface area contributed by atoms with Gasteiger partial charge in [0.15, 0.2) is 5.78 Å². The highest BCUT2D eigenvalue weighted by atomic mass is 35.5. The summed E-state index contributed by atoms with van der Waals surface area (Å²) in [5.41, 5.74) is 1.23. The van der Waals surface area contributed by atoms with Crippen molar-refractivity contribution in [3.05, 3.63) is 57.0 Å². The molecule has 0 saturated heterocycles. The van der Waals surface area contributed by atoms with E-state index in [1.807, 2.05) is 0 Å². The Labute approximate surface area is 137 Å². The van der Waals surface area contributed by atoms with E-state index in [4.69, 9.17) is 39.5 Å². The molecular formula is C15H12Cl3NO2. The zero-order valence-electron chi connectivity index (χ0n) is 11.1. The van der Waals surface area contributed by atoms with Crippen LogP contribution in [0.1, 0.15) is 10.4 Å². The van der Waals surface area contributed by atoms with E-state index in [-0.39, 0.29) is 12.3 Å². The van der Waals surface area contributed by atoms with E-state index in [0.29, 0.717) is 26.4 Å².